The van der Waals surface area contributed by atoms with E-state index in [1.54, 1.807) is 0 Å². The zero-order chi connectivity index (χ0) is 63.3. The zero-order valence-corrected chi connectivity index (χ0v) is 57.1. The molecular formula is C78H135NO8. The van der Waals surface area contributed by atoms with Crippen molar-refractivity contribution in [2.45, 2.75) is 322 Å². The monoisotopic (exact) mass is 1210 g/mol. The molecule has 9 heteroatoms. The van der Waals surface area contributed by atoms with Crippen LogP contribution in [0.3, 0.4) is 0 Å². The molecular weight excluding hydrogens is 1080 g/mol. The van der Waals surface area contributed by atoms with Gasteiger partial charge in [0, 0.05) is 12.8 Å². The number of aliphatic carboxylic acids is 1. The summed E-state index contributed by atoms with van der Waals surface area (Å²) in [6, 6.07) is 0. The van der Waals surface area contributed by atoms with Crippen LogP contribution in [0.4, 0.5) is 0 Å². The Morgan fingerprint density at radius 3 is 0.977 bits per heavy atom. The Morgan fingerprint density at radius 1 is 0.356 bits per heavy atom. The smallest absolute Gasteiger partial charge is 0.306 e. The van der Waals surface area contributed by atoms with E-state index in [0.29, 0.717) is 17.4 Å². The summed E-state index contributed by atoms with van der Waals surface area (Å²) in [6.07, 6.45) is 91.9. The first-order valence-corrected chi connectivity index (χ1v) is 36.0. The van der Waals surface area contributed by atoms with Crippen molar-refractivity contribution in [1.82, 2.24) is 0 Å². The van der Waals surface area contributed by atoms with Crippen LogP contribution in [0.1, 0.15) is 309 Å². The minimum Gasteiger partial charge on any atom is -0.545 e. The molecule has 0 heterocycles. The highest BCUT2D eigenvalue weighted by molar-refractivity contribution is 5.70. The molecule has 0 amide bonds. The second-order valence-electron chi connectivity index (χ2n) is 25.1. The molecule has 0 aliphatic rings. The molecule has 0 aromatic rings. The van der Waals surface area contributed by atoms with Crippen molar-refractivity contribution in [3.63, 3.8) is 0 Å². The first kappa shape index (κ1) is 83.0. The van der Waals surface area contributed by atoms with E-state index < -0.39 is 24.3 Å². The number of carboxylic acids is 1. The molecule has 0 N–H and O–H groups in total. The summed E-state index contributed by atoms with van der Waals surface area (Å²) < 4.78 is 22.8. The lowest BCUT2D eigenvalue weighted by Gasteiger charge is -2.26. The van der Waals surface area contributed by atoms with Crippen LogP contribution in [-0.4, -0.2) is 82.3 Å². The fourth-order valence-corrected chi connectivity index (χ4v) is 10.0. The number of esters is 2. The van der Waals surface area contributed by atoms with Gasteiger partial charge in [0.25, 0.3) is 0 Å². The van der Waals surface area contributed by atoms with E-state index in [1.165, 1.54) is 180 Å². The molecule has 0 rings (SSSR count). The summed E-state index contributed by atoms with van der Waals surface area (Å²) in [5.74, 6) is -2.31. The van der Waals surface area contributed by atoms with E-state index in [-0.39, 0.29) is 38.6 Å². The minimum atomic E-state index is -1.63. The Labute approximate surface area is 536 Å². The van der Waals surface area contributed by atoms with Crippen LogP contribution < -0.4 is 5.11 Å². The van der Waals surface area contributed by atoms with Gasteiger partial charge in [-0.3, -0.25) is 9.59 Å². The number of hydrogen-bond donors (Lipinski definition) is 0. The van der Waals surface area contributed by atoms with Gasteiger partial charge in [0.1, 0.15) is 13.2 Å². The second kappa shape index (κ2) is 67.9. The normalized spacial score (nSPS) is 13.3. The van der Waals surface area contributed by atoms with E-state index in [2.05, 4.69) is 123 Å². The fraction of sp³-hybridized carbons (Fsp3) is 0.731. The highest BCUT2D eigenvalue weighted by Crippen LogP contribution is 2.18. The number of carboxylic acid groups (broad SMARTS) is 1. The Morgan fingerprint density at radius 2 is 0.655 bits per heavy atom. The van der Waals surface area contributed by atoms with Crippen LogP contribution in [0.5, 0.6) is 0 Å². The van der Waals surface area contributed by atoms with Crippen LogP contribution in [0.15, 0.2) is 109 Å². The summed E-state index contributed by atoms with van der Waals surface area (Å²) in [5, 5.41) is 11.8. The summed E-state index contributed by atoms with van der Waals surface area (Å²) in [6.45, 7) is 4.61. The van der Waals surface area contributed by atoms with Gasteiger partial charge in [-0.05, 0) is 103 Å². The minimum absolute atomic E-state index is 0.138. The number of rotatable bonds is 66. The van der Waals surface area contributed by atoms with Gasteiger partial charge in [-0.1, -0.05) is 303 Å². The number of hydrogen-bond acceptors (Lipinski definition) is 8. The molecule has 0 aromatic heterocycles. The Kier molecular flexibility index (Phi) is 64.7. The van der Waals surface area contributed by atoms with Crippen molar-refractivity contribution in [3.05, 3.63) is 109 Å². The number of likely N-dealkylation sites (N-methyl/N-ethyl adjacent to an activating group) is 1. The lowest BCUT2D eigenvalue weighted by atomic mass is 10.0. The van der Waals surface area contributed by atoms with Gasteiger partial charge in [-0.15, -0.1) is 0 Å². The van der Waals surface area contributed by atoms with Gasteiger partial charge < -0.3 is 33.3 Å². The lowest BCUT2D eigenvalue weighted by Crippen LogP contribution is -2.44. The molecule has 0 radical (unpaired) electrons. The van der Waals surface area contributed by atoms with Gasteiger partial charge in [0.2, 0.25) is 0 Å². The number of carbonyl (C=O) groups is 3. The molecule has 0 aliphatic carbocycles. The maximum absolute atomic E-state index is 12.9. The molecule has 87 heavy (non-hydrogen) atoms. The third-order valence-electron chi connectivity index (χ3n) is 15.5. The molecule has 0 saturated heterocycles. The predicted molar refractivity (Wildman–Crippen MR) is 370 cm³/mol. The largest absolute Gasteiger partial charge is 0.545 e. The van der Waals surface area contributed by atoms with Gasteiger partial charge in [-0.2, -0.15) is 0 Å². The van der Waals surface area contributed by atoms with Crippen molar-refractivity contribution in [2.75, 3.05) is 47.5 Å². The van der Waals surface area contributed by atoms with Crippen molar-refractivity contribution < 1.29 is 42.9 Å². The summed E-state index contributed by atoms with van der Waals surface area (Å²) in [5.41, 5.74) is 0. The fourth-order valence-electron chi connectivity index (χ4n) is 10.0. The van der Waals surface area contributed by atoms with Crippen molar-refractivity contribution in [1.29, 1.82) is 0 Å². The maximum Gasteiger partial charge on any atom is 0.306 e. The van der Waals surface area contributed by atoms with Gasteiger partial charge >= 0.3 is 11.9 Å². The van der Waals surface area contributed by atoms with Gasteiger partial charge in [0.15, 0.2) is 12.4 Å². The average molecular weight is 1210 g/mol. The molecule has 9 nitrogen and oxygen atoms in total. The molecule has 0 aromatic carbocycles. The predicted octanol–water partition coefficient (Wildman–Crippen LogP) is 21.2. The summed E-state index contributed by atoms with van der Waals surface area (Å²) >= 11 is 0. The Bertz CT molecular complexity index is 1800. The quantitative estimate of drug-likeness (QED) is 0.0195. The topological polar surface area (TPSA) is 111 Å². The maximum atomic E-state index is 12.9. The average Bonchev–Trinajstić information content (AvgIpc) is 3.50. The SMILES string of the molecule is CC/C=C\C/C=C\C/C=C\C/C=C\C/C=C\C/C=C\CCCCCCC(=O)OC(COC(=O)CCCCCCCCCCCCCCCCCCCCCCCCCC/C=C\C/C=C\C/C=C\CCCCCCC)COC(OCC[N+](C)(C)C)C(=O)[O-]. The van der Waals surface area contributed by atoms with E-state index in [4.69, 9.17) is 18.9 Å². The number of ether oxygens (including phenoxy) is 4. The lowest BCUT2D eigenvalue weighted by molar-refractivity contribution is -0.870. The standard InChI is InChI=1S/C78H135NO8/c1-6-8-10-12-14-16-18-20-22-24-26-28-30-31-32-33-34-35-36-37-38-39-40-41-42-43-44-45-47-48-50-52-54-56-58-60-62-64-66-68-75(80)85-72-74(73-86-78(77(82)83)84-71-70-79(3,4)5)87-76(81)69-67-65-63-61-59-57-55-53-51-49-46-29-27-25-23-21-19-17-15-13-11-9-7-2/h9,11,15,17-18,20-21,23-24,26-27,29-31,49,51,55,57,74,78H,6-8,10,12-14,16,19,22,25,28,32-48,50,52-54,56,58-73H2,1-5H3/b11-9-,17-15-,20-18-,23-21-,26-24-,29-27-,31-30-,51-49-,57-55-. The van der Waals surface area contributed by atoms with Crippen molar-refractivity contribution in [2.24, 2.45) is 0 Å². The van der Waals surface area contributed by atoms with E-state index in [9.17, 15) is 19.5 Å². The van der Waals surface area contributed by atoms with Crippen LogP contribution in [-0.2, 0) is 33.3 Å². The molecule has 0 saturated carbocycles. The van der Waals surface area contributed by atoms with E-state index >= 15 is 0 Å². The number of nitrogens with zero attached hydrogens (tertiary/aromatic N) is 1. The van der Waals surface area contributed by atoms with Crippen LogP contribution in [0, 0.1) is 0 Å². The van der Waals surface area contributed by atoms with Crippen LogP contribution in [0.2, 0.25) is 0 Å². The summed E-state index contributed by atoms with van der Waals surface area (Å²) in [4.78, 5) is 37.5. The summed E-state index contributed by atoms with van der Waals surface area (Å²) in [7, 11) is 5.92. The molecule has 2 unspecified atom stereocenters. The van der Waals surface area contributed by atoms with Crippen molar-refractivity contribution in [3.8, 4) is 0 Å². The Balaban J connectivity index is 4.05. The molecule has 0 bridgehead atoms. The van der Waals surface area contributed by atoms with Gasteiger partial charge in [-0.25, -0.2) is 0 Å². The first-order chi connectivity index (χ1) is 42.6. The highest BCUT2D eigenvalue weighted by atomic mass is 16.7. The van der Waals surface area contributed by atoms with Gasteiger partial charge in [0.05, 0.1) is 40.3 Å². The molecule has 2 atom stereocenters. The van der Waals surface area contributed by atoms with Crippen molar-refractivity contribution >= 4 is 17.9 Å². The first-order valence-electron chi connectivity index (χ1n) is 36.0. The van der Waals surface area contributed by atoms with Crippen LogP contribution >= 0.6 is 0 Å². The third-order valence-corrected chi connectivity index (χ3v) is 15.5. The molecule has 0 fully saturated rings. The zero-order valence-electron chi connectivity index (χ0n) is 57.1. The number of carbonyl (C=O) groups excluding carboxylic acids is 3. The molecule has 0 aliphatic heterocycles. The van der Waals surface area contributed by atoms with E-state index in [1.807, 2.05) is 21.1 Å². The number of quaternary nitrogens is 1. The highest BCUT2D eigenvalue weighted by Gasteiger charge is 2.22. The number of unbranched alkanes of at least 4 members (excludes halogenated alkanes) is 33. The van der Waals surface area contributed by atoms with E-state index in [0.717, 1.165) is 96.3 Å². The molecule has 500 valence electrons. The Hall–Kier alpha value is -4.05. The van der Waals surface area contributed by atoms with Crippen LogP contribution in [0.25, 0.3) is 0 Å². The number of allylic oxidation sites excluding steroid dienone is 18. The second-order valence-corrected chi connectivity index (χ2v) is 25.1. The molecule has 0 spiro atoms. The third kappa shape index (κ3) is 69.3.